The molecule has 2 aromatic carbocycles. The lowest BCUT2D eigenvalue weighted by Gasteiger charge is -2.16. The number of rotatable bonds is 4. The van der Waals surface area contributed by atoms with Gasteiger partial charge in [0.2, 0.25) is 0 Å². The van der Waals surface area contributed by atoms with Crippen LogP contribution in [0, 0.1) is 0 Å². The minimum atomic E-state index is 0.388. The summed E-state index contributed by atoms with van der Waals surface area (Å²) in [7, 11) is 0. The van der Waals surface area contributed by atoms with E-state index in [-0.39, 0.29) is 0 Å². The van der Waals surface area contributed by atoms with Crippen molar-refractivity contribution in [3.8, 4) is 5.75 Å². The molecule has 88 valence electrons. The van der Waals surface area contributed by atoms with E-state index < -0.39 is 0 Å². The summed E-state index contributed by atoms with van der Waals surface area (Å²) in [5.74, 6) is 0.800. The molecule has 0 aliphatic rings. The SMILES string of the molecule is CCC(Cc1ccccc1)c1ccccc1O. The maximum absolute atomic E-state index is 9.89. The molecule has 0 bridgehead atoms. The number of phenols is 1. The molecule has 2 aromatic rings. The Balaban J connectivity index is 2.21. The molecule has 0 heterocycles. The van der Waals surface area contributed by atoms with Crippen molar-refractivity contribution in [2.75, 3.05) is 0 Å². The van der Waals surface area contributed by atoms with Crippen LogP contribution in [-0.4, -0.2) is 5.11 Å². The zero-order chi connectivity index (χ0) is 12.1. The van der Waals surface area contributed by atoms with Gasteiger partial charge < -0.3 is 5.11 Å². The zero-order valence-corrected chi connectivity index (χ0v) is 10.1. The highest BCUT2D eigenvalue weighted by Crippen LogP contribution is 2.30. The van der Waals surface area contributed by atoms with Crippen molar-refractivity contribution in [3.63, 3.8) is 0 Å². The van der Waals surface area contributed by atoms with E-state index in [4.69, 9.17) is 0 Å². The summed E-state index contributed by atoms with van der Waals surface area (Å²) in [6, 6.07) is 18.1. The first-order valence-electron chi connectivity index (χ1n) is 6.13. The molecular weight excluding hydrogens is 208 g/mol. The summed E-state index contributed by atoms with van der Waals surface area (Å²) in [6.07, 6.45) is 2.02. The summed E-state index contributed by atoms with van der Waals surface area (Å²) in [5, 5.41) is 9.89. The van der Waals surface area contributed by atoms with E-state index >= 15 is 0 Å². The Kier molecular flexibility index (Phi) is 3.81. The molecule has 1 atom stereocenters. The molecule has 0 aromatic heterocycles. The van der Waals surface area contributed by atoms with Crippen LogP contribution < -0.4 is 0 Å². The number of aromatic hydroxyl groups is 1. The topological polar surface area (TPSA) is 20.2 Å². The molecule has 0 radical (unpaired) electrons. The van der Waals surface area contributed by atoms with Gasteiger partial charge in [-0.05, 0) is 36.0 Å². The summed E-state index contributed by atoms with van der Waals surface area (Å²) < 4.78 is 0. The van der Waals surface area contributed by atoms with E-state index in [0.717, 1.165) is 18.4 Å². The fourth-order valence-electron chi connectivity index (χ4n) is 2.21. The number of hydrogen-bond donors (Lipinski definition) is 1. The highest BCUT2D eigenvalue weighted by molar-refractivity contribution is 5.36. The zero-order valence-electron chi connectivity index (χ0n) is 10.1. The van der Waals surface area contributed by atoms with Gasteiger partial charge in [0, 0.05) is 0 Å². The van der Waals surface area contributed by atoms with E-state index in [2.05, 4.69) is 31.2 Å². The van der Waals surface area contributed by atoms with E-state index in [9.17, 15) is 5.11 Å². The van der Waals surface area contributed by atoms with Gasteiger partial charge in [-0.3, -0.25) is 0 Å². The van der Waals surface area contributed by atoms with Crippen molar-refractivity contribution >= 4 is 0 Å². The van der Waals surface area contributed by atoms with E-state index in [0.29, 0.717) is 11.7 Å². The smallest absolute Gasteiger partial charge is 0.119 e. The van der Waals surface area contributed by atoms with Crippen molar-refractivity contribution in [1.82, 2.24) is 0 Å². The molecule has 0 aliphatic carbocycles. The number of hydrogen-bond acceptors (Lipinski definition) is 1. The van der Waals surface area contributed by atoms with Gasteiger partial charge in [0.15, 0.2) is 0 Å². The van der Waals surface area contributed by atoms with E-state index in [1.165, 1.54) is 5.56 Å². The van der Waals surface area contributed by atoms with Gasteiger partial charge in [-0.1, -0.05) is 55.5 Å². The molecule has 17 heavy (non-hydrogen) atoms. The Bertz CT molecular complexity index is 462. The summed E-state index contributed by atoms with van der Waals surface area (Å²) in [4.78, 5) is 0. The lowest BCUT2D eigenvalue weighted by molar-refractivity contribution is 0.458. The predicted octanol–water partition coefficient (Wildman–Crippen LogP) is 4.13. The van der Waals surface area contributed by atoms with E-state index in [1.54, 1.807) is 6.07 Å². The fraction of sp³-hybridized carbons (Fsp3) is 0.250. The average molecular weight is 226 g/mol. The second-order valence-corrected chi connectivity index (χ2v) is 4.35. The van der Waals surface area contributed by atoms with Gasteiger partial charge in [0.25, 0.3) is 0 Å². The van der Waals surface area contributed by atoms with Gasteiger partial charge in [-0.15, -0.1) is 0 Å². The van der Waals surface area contributed by atoms with Crippen molar-refractivity contribution in [2.45, 2.75) is 25.7 Å². The number of para-hydroxylation sites is 1. The van der Waals surface area contributed by atoms with Crippen molar-refractivity contribution < 1.29 is 5.11 Å². The second kappa shape index (κ2) is 5.53. The van der Waals surface area contributed by atoms with Crippen LogP contribution in [0.1, 0.15) is 30.4 Å². The molecule has 1 nitrogen and oxygen atoms in total. The molecule has 2 rings (SSSR count). The summed E-state index contributed by atoms with van der Waals surface area (Å²) >= 11 is 0. The first-order chi connectivity index (χ1) is 8.31. The van der Waals surface area contributed by atoms with Gasteiger partial charge in [-0.2, -0.15) is 0 Å². The van der Waals surface area contributed by atoms with Crippen LogP contribution >= 0.6 is 0 Å². The normalized spacial score (nSPS) is 12.3. The molecule has 0 aliphatic heterocycles. The van der Waals surface area contributed by atoms with Gasteiger partial charge in [0.05, 0.1) is 0 Å². The third-order valence-corrected chi connectivity index (χ3v) is 3.19. The largest absolute Gasteiger partial charge is 0.508 e. The molecule has 1 heteroatoms. The average Bonchev–Trinajstić information content (AvgIpc) is 2.38. The Morgan fingerprint density at radius 2 is 1.59 bits per heavy atom. The van der Waals surface area contributed by atoms with Crippen LogP contribution in [0.5, 0.6) is 5.75 Å². The van der Waals surface area contributed by atoms with Crippen molar-refractivity contribution in [3.05, 3.63) is 65.7 Å². The van der Waals surface area contributed by atoms with Crippen LogP contribution in [0.3, 0.4) is 0 Å². The number of benzene rings is 2. The lowest BCUT2D eigenvalue weighted by Crippen LogP contribution is -2.02. The molecule has 0 spiro atoms. The Labute approximate surface area is 103 Å². The molecular formula is C16H18O. The first kappa shape index (κ1) is 11.7. The maximum atomic E-state index is 9.89. The summed E-state index contributed by atoms with van der Waals surface area (Å²) in [5.41, 5.74) is 2.38. The monoisotopic (exact) mass is 226 g/mol. The Hall–Kier alpha value is -1.76. The molecule has 0 fully saturated rings. The van der Waals surface area contributed by atoms with Crippen LogP contribution in [0.25, 0.3) is 0 Å². The molecule has 0 amide bonds. The fourth-order valence-corrected chi connectivity index (χ4v) is 2.21. The van der Waals surface area contributed by atoms with Gasteiger partial charge in [0.1, 0.15) is 5.75 Å². The highest BCUT2D eigenvalue weighted by atomic mass is 16.3. The van der Waals surface area contributed by atoms with Crippen molar-refractivity contribution in [2.24, 2.45) is 0 Å². The van der Waals surface area contributed by atoms with Crippen LogP contribution in [0.2, 0.25) is 0 Å². The Morgan fingerprint density at radius 3 is 2.24 bits per heavy atom. The van der Waals surface area contributed by atoms with Crippen LogP contribution in [0.15, 0.2) is 54.6 Å². The van der Waals surface area contributed by atoms with Crippen LogP contribution in [-0.2, 0) is 6.42 Å². The molecule has 0 saturated heterocycles. The molecule has 0 saturated carbocycles. The van der Waals surface area contributed by atoms with E-state index in [1.807, 2.05) is 24.3 Å². The summed E-state index contributed by atoms with van der Waals surface area (Å²) in [6.45, 7) is 2.17. The van der Waals surface area contributed by atoms with Crippen LogP contribution in [0.4, 0.5) is 0 Å². The molecule has 1 N–H and O–H groups in total. The lowest BCUT2D eigenvalue weighted by atomic mass is 9.89. The quantitative estimate of drug-likeness (QED) is 0.831. The Morgan fingerprint density at radius 1 is 0.941 bits per heavy atom. The minimum absolute atomic E-state index is 0.388. The third-order valence-electron chi connectivity index (χ3n) is 3.19. The number of phenolic OH excluding ortho intramolecular Hbond substituents is 1. The van der Waals surface area contributed by atoms with Gasteiger partial charge in [-0.25, -0.2) is 0 Å². The predicted molar refractivity (Wildman–Crippen MR) is 71.3 cm³/mol. The molecule has 1 unspecified atom stereocenters. The highest BCUT2D eigenvalue weighted by Gasteiger charge is 2.13. The first-order valence-corrected chi connectivity index (χ1v) is 6.13. The standard InChI is InChI=1S/C16H18O/c1-2-14(12-13-8-4-3-5-9-13)15-10-6-7-11-16(15)17/h3-11,14,17H,2,12H2,1H3. The second-order valence-electron chi connectivity index (χ2n) is 4.35. The van der Waals surface area contributed by atoms with Crippen molar-refractivity contribution in [1.29, 1.82) is 0 Å². The minimum Gasteiger partial charge on any atom is -0.508 e. The maximum Gasteiger partial charge on any atom is 0.119 e. The van der Waals surface area contributed by atoms with Gasteiger partial charge >= 0.3 is 0 Å². The third kappa shape index (κ3) is 2.88.